The third-order valence-corrected chi connectivity index (χ3v) is 4.85. The molecule has 122 valence electrons. The summed E-state index contributed by atoms with van der Waals surface area (Å²) < 4.78 is 0. The lowest BCUT2D eigenvalue weighted by Gasteiger charge is -2.18. The fraction of sp³-hybridized carbons (Fsp3) is 0.105. The van der Waals surface area contributed by atoms with Crippen molar-refractivity contribution >= 4 is 34.5 Å². The highest BCUT2D eigenvalue weighted by molar-refractivity contribution is 7.10. The third-order valence-electron chi connectivity index (χ3n) is 3.58. The monoisotopic (exact) mass is 356 g/mol. The topological polar surface area (TPSA) is 41.1 Å². The van der Waals surface area contributed by atoms with Crippen LogP contribution in [0.1, 0.15) is 16.5 Å². The summed E-state index contributed by atoms with van der Waals surface area (Å²) in [6.45, 7) is 0.165. The molecule has 24 heavy (non-hydrogen) atoms. The molecule has 0 radical (unpaired) electrons. The Hall–Kier alpha value is -2.30. The molecule has 2 N–H and O–H groups in total. The molecule has 0 aliphatic carbocycles. The summed E-state index contributed by atoms with van der Waals surface area (Å²) in [5.41, 5.74) is 1.81. The summed E-state index contributed by atoms with van der Waals surface area (Å²) in [5.74, 6) is -0.0860. The van der Waals surface area contributed by atoms with Gasteiger partial charge >= 0.3 is 0 Å². The zero-order valence-corrected chi connectivity index (χ0v) is 14.5. The Kier molecular flexibility index (Phi) is 5.51. The number of hydrogen-bond donors (Lipinski definition) is 2. The van der Waals surface area contributed by atoms with Crippen molar-refractivity contribution in [2.75, 3.05) is 11.9 Å². The van der Waals surface area contributed by atoms with Crippen LogP contribution >= 0.6 is 22.9 Å². The van der Waals surface area contributed by atoms with Crippen LogP contribution in [0.25, 0.3) is 0 Å². The number of carbonyl (C=O) groups excluding carboxylic acids is 1. The average molecular weight is 357 g/mol. The number of para-hydroxylation sites is 1. The lowest BCUT2D eigenvalue weighted by molar-refractivity contribution is -0.119. The second-order valence-electron chi connectivity index (χ2n) is 5.26. The molecule has 0 saturated carbocycles. The van der Waals surface area contributed by atoms with Crippen LogP contribution in [0.3, 0.4) is 0 Å². The summed E-state index contributed by atoms with van der Waals surface area (Å²) in [6, 6.07) is 21.2. The van der Waals surface area contributed by atoms with Crippen LogP contribution < -0.4 is 10.6 Å². The van der Waals surface area contributed by atoms with Crippen LogP contribution in [0.2, 0.25) is 5.02 Å². The minimum atomic E-state index is -0.147. The molecule has 3 rings (SSSR count). The predicted molar refractivity (Wildman–Crippen MR) is 101 cm³/mol. The fourth-order valence-electron chi connectivity index (χ4n) is 2.41. The maximum absolute atomic E-state index is 12.4. The molecule has 5 heteroatoms. The molecule has 0 aliphatic heterocycles. The van der Waals surface area contributed by atoms with Gasteiger partial charge in [0.15, 0.2) is 0 Å². The van der Waals surface area contributed by atoms with Gasteiger partial charge in [0.25, 0.3) is 0 Å². The Morgan fingerprint density at radius 2 is 1.75 bits per heavy atom. The van der Waals surface area contributed by atoms with Crippen molar-refractivity contribution in [3.8, 4) is 0 Å². The maximum atomic E-state index is 12.4. The van der Waals surface area contributed by atoms with Crippen LogP contribution in [0.4, 0.5) is 5.69 Å². The van der Waals surface area contributed by atoms with E-state index in [9.17, 15) is 4.79 Å². The molecule has 0 aliphatic rings. The van der Waals surface area contributed by atoms with Crippen LogP contribution in [-0.2, 0) is 4.79 Å². The number of benzene rings is 2. The van der Waals surface area contributed by atoms with Gasteiger partial charge in [-0.05, 0) is 29.1 Å². The molecule has 0 fully saturated rings. The van der Waals surface area contributed by atoms with Crippen molar-refractivity contribution in [2.45, 2.75) is 6.04 Å². The molecular weight excluding hydrogens is 340 g/mol. The molecule has 0 spiro atoms. The lowest BCUT2D eigenvalue weighted by Crippen LogP contribution is -2.33. The minimum Gasteiger partial charge on any atom is -0.375 e. The van der Waals surface area contributed by atoms with E-state index in [1.165, 1.54) is 0 Å². The van der Waals surface area contributed by atoms with E-state index in [2.05, 4.69) is 10.6 Å². The first-order chi connectivity index (χ1) is 11.7. The van der Waals surface area contributed by atoms with E-state index in [0.717, 1.165) is 16.1 Å². The van der Waals surface area contributed by atoms with Gasteiger partial charge in [-0.1, -0.05) is 60.1 Å². The number of anilines is 1. The van der Waals surface area contributed by atoms with Crippen molar-refractivity contribution < 1.29 is 4.79 Å². The summed E-state index contributed by atoms with van der Waals surface area (Å²) in [7, 11) is 0. The Morgan fingerprint density at radius 3 is 2.46 bits per heavy atom. The van der Waals surface area contributed by atoms with Crippen molar-refractivity contribution in [3.63, 3.8) is 0 Å². The number of hydrogen-bond acceptors (Lipinski definition) is 3. The molecule has 1 aromatic heterocycles. The standard InChI is InChI=1S/C19H17ClN2OS/c20-15-9-4-5-10-16(15)21-13-18(23)22-19(17-11-6-12-24-17)14-7-2-1-3-8-14/h1-12,19,21H,13H2,(H,22,23)/t19-/m0/s1. The van der Waals surface area contributed by atoms with Gasteiger partial charge in [0, 0.05) is 4.88 Å². The zero-order chi connectivity index (χ0) is 16.8. The van der Waals surface area contributed by atoms with Crippen molar-refractivity contribution in [3.05, 3.63) is 87.6 Å². The summed E-state index contributed by atoms with van der Waals surface area (Å²) in [4.78, 5) is 13.5. The molecule has 2 aromatic carbocycles. The molecule has 1 atom stereocenters. The first-order valence-electron chi connectivity index (χ1n) is 7.60. The van der Waals surface area contributed by atoms with Gasteiger partial charge in [-0.15, -0.1) is 11.3 Å². The highest BCUT2D eigenvalue weighted by Gasteiger charge is 2.17. The smallest absolute Gasteiger partial charge is 0.240 e. The number of halogens is 1. The minimum absolute atomic E-state index is 0.0860. The van der Waals surface area contributed by atoms with Crippen molar-refractivity contribution in [1.29, 1.82) is 0 Å². The molecule has 0 unspecified atom stereocenters. The molecule has 1 amide bonds. The second-order valence-corrected chi connectivity index (χ2v) is 6.65. The number of rotatable bonds is 6. The largest absolute Gasteiger partial charge is 0.375 e. The van der Waals surface area contributed by atoms with Crippen molar-refractivity contribution in [2.24, 2.45) is 0 Å². The number of carbonyl (C=O) groups is 1. The van der Waals surface area contributed by atoms with E-state index in [1.807, 2.05) is 66.0 Å². The predicted octanol–water partition coefficient (Wildman–Crippen LogP) is 4.72. The van der Waals surface area contributed by atoms with Gasteiger partial charge in [-0.3, -0.25) is 4.79 Å². The summed E-state index contributed by atoms with van der Waals surface area (Å²) in [5, 5.41) is 8.78. The van der Waals surface area contributed by atoms with Gasteiger partial charge in [-0.25, -0.2) is 0 Å². The molecular formula is C19H17ClN2OS. The summed E-state index contributed by atoms with van der Waals surface area (Å²) >= 11 is 7.73. The SMILES string of the molecule is O=C(CNc1ccccc1Cl)N[C@@H](c1ccccc1)c1cccs1. The van der Waals surface area contributed by atoms with Crippen LogP contribution in [0, 0.1) is 0 Å². The molecule has 3 nitrogen and oxygen atoms in total. The van der Waals surface area contributed by atoms with E-state index in [0.29, 0.717) is 5.02 Å². The Bertz CT molecular complexity index is 790. The van der Waals surface area contributed by atoms with Gasteiger partial charge in [0.2, 0.25) is 5.91 Å². The highest BCUT2D eigenvalue weighted by Crippen LogP contribution is 2.26. The average Bonchev–Trinajstić information content (AvgIpc) is 3.14. The van der Waals surface area contributed by atoms with Gasteiger partial charge < -0.3 is 10.6 Å². The van der Waals surface area contributed by atoms with E-state index >= 15 is 0 Å². The Balaban J connectivity index is 1.69. The zero-order valence-electron chi connectivity index (χ0n) is 12.9. The fourth-order valence-corrected chi connectivity index (χ4v) is 3.42. The second kappa shape index (κ2) is 7.99. The number of thiophene rings is 1. The highest BCUT2D eigenvalue weighted by atomic mass is 35.5. The van der Waals surface area contributed by atoms with Crippen LogP contribution in [-0.4, -0.2) is 12.5 Å². The Morgan fingerprint density at radius 1 is 1.00 bits per heavy atom. The van der Waals surface area contributed by atoms with Crippen LogP contribution in [0.5, 0.6) is 0 Å². The third kappa shape index (κ3) is 4.16. The Labute approximate surface area is 150 Å². The molecule has 1 heterocycles. The van der Waals surface area contributed by atoms with Gasteiger partial charge in [0.1, 0.15) is 0 Å². The van der Waals surface area contributed by atoms with Gasteiger partial charge in [0.05, 0.1) is 23.3 Å². The first kappa shape index (κ1) is 16.6. The molecule has 3 aromatic rings. The molecule has 0 bridgehead atoms. The van der Waals surface area contributed by atoms with E-state index in [-0.39, 0.29) is 18.5 Å². The maximum Gasteiger partial charge on any atom is 0.240 e. The number of amides is 1. The molecule has 0 saturated heterocycles. The normalized spacial score (nSPS) is 11.7. The summed E-state index contributed by atoms with van der Waals surface area (Å²) in [6.07, 6.45) is 0. The van der Waals surface area contributed by atoms with Gasteiger partial charge in [-0.2, -0.15) is 0 Å². The van der Waals surface area contributed by atoms with E-state index in [1.54, 1.807) is 17.4 Å². The van der Waals surface area contributed by atoms with Crippen LogP contribution in [0.15, 0.2) is 72.1 Å². The first-order valence-corrected chi connectivity index (χ1v) is 8.86. The quantitative estimate of drug-likeness (QED) is 0.671. The number of nitrogens with one attached hydrogen (secondary N) is 2. The lowest BCUT2D eigenvalue weighted by atomic mass is 10.1. The van der Waals surface area contributed by atoms with E-state index in [4.69, 9.17) is 11.6 Å². The van der Waals surface area contributed by atoms with E-state index < -0.39 is 0 Å². The van der Waals surface area contributed by atoms with Crippen molar-refractivity contribution in [1.82, 2.24) is 5.32 Å².